The summed E-state index contributed by atoms with van der Waals surface area (Å²) in [4.78, 5) is 7.90. The normalized spacial score (nSPS) is 27.1. The summed E-state index contributed by atoms with van der Waals surface area (Å²) in [6, 6.07) is 0.727. The molecule has 1 aromatic heterocycles. The van der Waals surface area contributed by atoms with Gasteiger partial charge in [-0.15, -0.1) is 0 Å². The van der Waals surface area contributed by atoms with Gasteiger partial charge in [-0.2, -0.15) is 0 Å². The molecule has 1 saturated carbocycles. The number of nitrogens with one attached hydrogen (secondary N) is 1. The van der Waals surface area contributed by atoms with Crippen molar-refractivity contribution in [2.75, 3.05) is 0 Å². The van der Waals surface area contributed by atoms with E-state index in [0.29, 0.717) is 0 Å². The molecule has 1 aliphatic carbocycles. The highest BCUT2D eigenvalue weighted by molar-refractivity contribution is 5.03. The molecule has 1 N–H and O–H groups in total. The summed E-state index contributed by atoms with van der Waals surface area (Å²) >= 11 is 0. The van der Waals surface area contributed by atoms with Crippen molar-refractivity contribution in [2.24, 2.45) is 5.92 Å². The van der Waals surface area contributed by atoms with Crippen molar-refractivity contribution in [3.05, 3.63) is 24.3 Å². The van der Waals surface area contributed by atoms with Gasteiger partial charge < -0.3 is 5.32 Å². The van der Waals surface area contributed by atoms with Gasteiger partial charge >= 0.3 is 0 Å². The van der Waals surface area contributed by atoms with E-state index < -0.39 is 0 Å². The zero-order chi connectivity index (χ0) is 8.39. The maximum atomic E-state index is 3.95. The summed E-state index contributed by atoms with van der Waals surface area (Å²) in [7, 11) is 0. The number of aromatic nitrogens is 2. The Hall–Kier alpha value is -0.960. The van der Waals surface area contributed by atoms with E-state index in [1.807, 2.05) is 12.4 Å². The molecule has 0 bridgehead atoms. The van der Waals surface area contributed by atoms with E-state index >= 15 is 0 Å². The molecule has 1 fully saturated rings. The molecule has 2 unspecified atom stereocenters. The summed E-state index contributed by atoms with van der Waals surface area (Å²) in [5, 5.41) is 3.44. The number of hydrogen-bond donors (Lipinski definition) is 1. The van der Waals surface area contributed by atoms with E-state index in [2.05, 4.69) is 22.2 Å². The molecule has 0 radical (unpaired) electrons. The smallest absolute Gasteiger partial charge is 0.115 e. The zero-order valence-electron chi connectivity index (χ0n) is 7.20. The Labute approximate surface area is 72.2 Å². The number of nitrogens with zero attached hydrogens (tertiary/aromatic N) is 2. The van der Waals surface area contributed by atoms with Crippen molar-refractivity contribution >= 4 is 0 Å². The quantitative estimate of drug-likeness (QED) is 0.721. The van der Waals surface area contributed by atoms with Gasteiger partial charge in [0, 0.05) is 30.5 Å². The summed E-state index contributed by atoms with van der Waals surface area (Å²) in [5.41, 5.74) is 1.16. The minimum absolute atomic E-state index is 0.727. The second-order valence-corrected chi connectivity index (χ2v) is 3.45. The monoisotopic (exact) mass is 163 g/mol. The van der Waals surface area contributed by atoms with Crippen molar-refractivity contribution in [3.8, 4) is 0 Å². The van der Waals surface area contributed by atoms with Crippen molar-refractivity contribution in [2.45, 2.75) is 25.9 Å². The van der Waals surface area contributed by atoms with E-state index in [1.165, 1.54) is 6.42 Å². The summed E-state index contributed by atoms with van der Waals surface area (Å²) < 4.78 is 0. The molecule has 0 aromatic carbocycles. The molecule has 3 nitrogen and oxygen atoms in total. The van der Waals surface area contributed by atoms with Gasteiger partial charge in [-0.3, -0.25) is 0 Å². The first-order valence-electron chi connectivity index (χ1n) is 4.33. The fraction of sp³-hybridized carbons (Fsp3) is 0.556. The van der Waals surface area contributed by atoms with Gasteiger partial charge in [-0.05, 0) is 12.3 Å². The summed E-state index contributed by atoms with van der Waals surface area (Å²) in [6.07, 6.45) is 6.58. The molecule has 0 spiro atoms. The topological polar surface area (TPSA) is 37.8 Å². The van der Waals surface area contributed by atoms with E-state index in [1.54, 1.807) is 6.33 Å². The van der Waals surface area contributed by atoms with Crippen LogP contribution in [0, 0.1) is 5.92 Å². The van der Waals surface area contributed by atoms with Crippen LogP contribution in [-0.2, 0) is 6.54 Å². The van der Waals surface area contributed by atoms with E-state index in [-0.39, 0.29) is 0 Å². The first-order chi connectivity index (χ1) is 5.86. The van der Waals surface area contributed by atoms with E-state index in [9.17, 15) is 0 Å². The first-order valence-corrected chi connectivity index (χ1v) is 4.33. The second-order valence-electron chi connectivity index (χ2n) is 3.45. The molecule has 3 heteroatoms. The lowest BCUT2D eigenvalue weighted by Gasteiger charge is -2.00. The zero-order valence-corrected chi connectivity index (χ0v) is 7.20. The van der Waals surface area contributed by atoms with Crippen LogP contribution in [0.3, 0.4) is 0 Å². The predicted octanol–water partition coefficient (Wildman–Crippen LogP) is 0.975. The molecule has 0 aliphatic heterocycles. The molecule has 2 rings (SSSR count). The van der Waals surface area contributed by atoms with Crippen molar-refractivity contribution < 1.29 is 0 Å². The van der Waals surface area contributed by atoms with Crippen LogP contribution in [0.5, 0.6) is 0 Å². The second kappa shape index (κ2) is 3.19. The van der Waals surface area contributed by atoms with Crippen LogP contribution in [-0.4, -0.2) is 16.0 Å². The van der Waals surface area contributed by atoms with Crippen LogP contribution in [0.1, 0.15) is 18.9 Å². The highest BCUT2D eigenvalue weighted by atomic mass is 15.0. The Morgan fingerprint density at radius 2 is 2.17 bits per heavy atom. The maximum Gasteiger partial charge on any atom is 0.115 e. The largest absolute Gasteiger partial charge is 0.310 e. The highest BCUT2D eigenvalue weighted by Crippen LogP contribution is 2.29. The molecule has 1 aromatic rings. The van der Waals surface area contributed by atoms with Gasteiger partial charge in [0.25, 0.3) is 0 Å². The van der Waals surface area contributed by atoms with Crippen molar-refractivity contribution in [1.82, 2.24) is 15.3 Å². The molecular formula is C9H13N3. The Bertz CT molecular complexity index is 247. The SMILES string of the molecule is CC1CC1NCc1cncnc1. The minimum Gasteiger partial charge on any atom is -0.310 e. The average molecular weight is 163 g/mol. The minimum atomic E-state index is 0.727. The van der Waals surface area contributed by atoms with Crippen LogP contribution in [0.15, 0.2) is 18.7 Å². The van der Waals surface area contributed by atoms with Gasteiger partial charge in [0.2, 0.25) is 0 Å². The maximum absolute atomic E-state index is 3.95. The van der Waals surface area contributed by atoms with Crippen LogP contribution in [0.2, 0.25) is 0 Å². The number of rotatable bonds is 3. The standard InChI is InChI=1S/C9H13N3/c1-7-2-9(7)12-5-8-3-10-6-11-4-8/h3-4,6-7,9,12H,2,5H2,1H3. The lowest BCUT2D eigenvalue weighted by Crippen LogP contribution is -2.17. The van der Waals surface area contributed by atoms with Crippen LogP contribution >= 0.6 is 0 Å². The average Bonchev–Trinajstić information content (AvgIpc) is 2.81. The Balaban J connectivity index is 1.80. The summed E-state index contributed by atoms with van der Waals surface area (Å²) in [6.45, 7) is 3.16. The molecule has 12 heavy (non-hydrogen) atoms. The molecule has 0 saturated heterocycles. The molecule has 64 valence electrons. The van der Waals surface area contributed by atoms with Gasteiger partial charge in [0.1, 0.15) is 6.33 Å². The van der Waals surface area contributed by atoms with Crippen LogP contribution in [0.25, 0.3) is 0 Å². The van der Waals surface area contributed by atoms with Gasteiger partial charge in [0.05, 0.1) is 0 Å². The molecule has 1 heterocycles. The van der Waals surface area contributed by atoms with Gasteiger partial charge in [-0.25, -0.2) is 9.97 Å². The predicted molar refractivity (Wildman–Crippen MR) is 46.4 cm³/mol. The Morgan fingerprint density at radius 3 is 2.75 bits per heavy atom. The summed E-state index contributed by atoms with van der Waals surface area (Å²) in [5.74, 6) is 0.856. The van der Waals surface area contributed by atoms with Gasteiger partial charge in [0.15, 0.2) is 0 Å². The van der Waals surface area contributed by atoms with Crippen molar-refractivity contribution in [3.63, 3.8) is 0 Å². The fourth-order valence-electron chi connectivity index (χ4n) is 1.28. The molecule has 0 amide bonds. The highest BCUT2D eigenvalue weighted by Gasteiger charge is 2.31. The van der Waals surface area contributed by atoms with E-state index in [0.717, 1.165) is 24.1 Å². The Morgan fingerprint density at radius 1 is 1.50 bits per heavy atom. The fourth-order valence-corrected chi connectivity index (χ4v) is 1.28. The third-order valence-electron chi connectivity index (χ3n) is 2.29. The molecule has 2 atom stereocenters. The molecule has 1 aliphatic rings. The lowest BCUT2D eigenvalue weighted by molar-refractivity contribution is 0.649. The third kappa shape index (κ3) is 1.80. The van der Waals surface area contributed by atoms with Crippen molar-refractivity contribution in [1.29, 1.82) is 0 Å². The molecular weight excluding hydrogens is 150 g/mol. The van der Waals surface area contributed by atoms with Crippen LogP contribution < -0.4 is 5.32 Å². The van der Waals surface area contributed by atoms with E-state index in [4.69, 9.17) is 0 Å². The number of hydrogen-bond acceptors (Lipinski definition) is 3. The van der Waals surface area contributed by atoms with Crippen LogP contribution in [0.4, 0.5) is 0 Å². The lowest BCUT2D eigenvalue weighted by atomic mass is 10.3. The van der Waals surface area contributed by atoms with Gasteiger partial charge in [-0.1, -0.05) is 6.92 Å². The third-order valence-corrected chi connectivity index (χ3v) is 2.29. The first kappa shape index (κ1) is 7.68. The Kier molecular flexibility index (Phi) is 2.04.